The lowest BCUT2D eigenvalue weighted by Crippen LogP contribution is -2.49. The molecule has 0 radical (unpaired) electrons. The van der Waals surface area contributed by atoms with Gasteiger partial charge in [0.1, 0.15) is 8.07 Å². The van der Waals surface area contributed by atoms with Crippen LogP contribution in [0.25, 0.3) is 54.8 Å². The third kappa shape index (κ3) is 2.47. The predicted octanol–water partition coefficient (Wildman–Crippen LogP) is 6.95. The SMILES string of the molecule is Cn1c2cc(-c3ccc4c(c3)[Si](C)(C)c3ccccc3-4)ccc2c2c3ccccc3ccc21. The Hall–Kier alpha value is -3.62. The average Bonchev–Trinajstić information content (AvgIpc) is 3.27. The van der Waals surface area contributed by atoms with Gasteiger partial charge < -0.3 is 4.57 Å². The van der Waals surface area contributed by atoms with Crippen LogP contribution in [0.2, 0.25) is 13.1 Å². The molecule has 33 heavy (non-hydrogen) atoms. The first-order valence-corrected chi connectivity index (χ1v) is 14.7. The van der Waals surface area contributed by atoms with Crippen LogP contribution < -0.4 is 10.4 Å². The second-order valence-corrected chi connectivity index (χ2v) is 14.2. The number of rotatable bonds is 1. The maximum absolute atomic E-state index is 2.49. The van der Waals surface area contributed by atoms with Crippen molar-refractivity contribution < 1.29 is 0 Å². The Balaban J connectivity index is 1.45. The number of fused-ring (bicyclic) bond motifs is 8. The van der Waals surface area contributed by atoms with E-state index in [1.807, 2.05) is 0 Å². The van der Waals surface area contributed by atoms with E-state index in [9.17, 15) is 0 Å². The molecule has 2 heterocycles. The summed E-state index contributed by atoms with van der Waals surface area (Å²) in [7, 11) is 0.521. The molecule has 0 atom stereocenters. The van der Waals surface area contributed by atoms with E-state index >= 15 is 0 Å². The number of hydrogen-bond acceptors (Lipinski definition) is 0. The molecule has 0 bridgehead atoms. The molecule has 6 aromatic rings. The maximum atomic E-state index is 2.49. The summed E-state index contributed by atoms with van der Waals surface area (Å²) < 4.78 is 2.35. The van der Waals surface area contributed by atoms with Gasteiger partial charge in [0.25, 0.3) is 0 Å². The number of hydrogen-bond donors (Lipinski definition) is 0. The van der Waals surface area contributed by atoms with E-state index in [1.54, 1.807) is 10.4 Å². The van der Waals surface area contributed by atoms with E-state index in [4.69, 9.17) is 0 Å². The molecule has 2 heteroatoms. The molecule has 1 aromatic heterocycles. The molecular weight excluding hydrogens is 414 g/mol. The molecular formula is C31H25NSi. The summed E-state index contributed by atoms with van der Waals surface area (Å²) >= 11 is 0. The zero-order chi connectivity index (χ0) is 22.3. The Kier molecular flexibility index (Phi) is 3.70. The molecule has 0 N–H and O–H groups in total. The van der Waals surface area contributed by atoms with Gasteiger partial charge in [0, 0.05) is 28.9 Å². The highest BCUT2D eigenvalue weighted by Crippen LogP contribution is 2.37. The van der Waals surface area contributed by atoms with E-state index in [1.165, 1.54) is 54.8 Å². The van der Waals surface area contributed by atoms with Crippen LogP contribution in [0.1, 0.15) is 0 Å². The molecule has 1 aliphatic heterocycles. The van der Waals surface area contributed by atoms with Crippen molar-refractivity contribution in [2.75, 3.05) is 0 Å². The molecule has 1 aliphatic rings. The van der Waals surface area contributed by atoms with E-state index < -0.39 is 8.07 Å². The van der Waals surface area contributed by atoms with Gasteiger partial charge in [-0.15, -0.1) is 0 Å². The normalized spacial score (nSPS) is 14.2. The number of benzene rings is 5. The van der Waals surface area contributed by atoms with E-state index in [-0.39, 0.29) is 0 Å². The van der Waals surface area contributed by atoms with Crippen LogP contribution in [0.4, 0.5) is 0 Å². The van der Waals surface area contributed by atoms with Crippen LogP contribution in [-0.4, -0.2) is 12.6 Å². The van der Waals surface area contributed by atoms with Crippen molar-refractivity contribution in [2.24, 2.45) is 7.05 Å². The minimum atomic E-state index is -1.67. The van der Waals surface area contributed by atoms with Crippen molar-refractivity contribution in [3.63, 3.8) is 0 Å². The van der Waals surface area contributed by atoms with E-state index in [2.05, 4.69) is 122 Å². The summed E-state index contributed by atoms with van der Waals surface area (Å²) in [5.41, 5.74) is 8.06. The van der Waals surface area contributed by atoms with Gasteiger partial charge in [-0.25, -0.2) is 0 Å². The lowest BCUT2D eigenvalue weighted by atomic mass is 9.98. The van der Waals surface area contributed by atoms with E-state index in [0.29, 0.717) is 0 Å². The van der Waals surface area contributed by atoms with Crippen LogP contribution in [0.15, 0.2) is 97.1 Å². The van der Waals surface area contributed by atoms with Gasteiger partial charge in [-0.2, -0.15) is 0 Å². The number of aryl methyl sites for hydroxylation is 1. The summed E-state index contributed by atoms with van der Waals surface area (Å²) in [6.45, 7) is 4.97. The number of aromatic nitrogens is 1. The Labute approximate surface area is 194 Å². The van der Waals surface area contributed by atoms with Crippen molar-refractivity contribution in [2.45, 2.75) is 13.1 Å². The highest BCUT2D eigenvalue weighted by Gasteiger charge is 2.37. The van der Waals surface area contributed by atoms with Gasteiger partial charge in [0.2, 0.25) is 0 Å². The van der Waals surface area contributed by atoms with Gasteiger partial charge in [0.05, 0.1) is 0 Å². The standard InChI is InChI=1S/C31H25NSi/c1-32-27-17-14-20-8-4-5-9-23(20)31(27)26-16-13-21(18-28(26)32)22-12-15-25-24-10-6-7-11-29(24)33(2,3)30(25)19-22/h4-19H,1-3H3. The summed E-state index contributed by atoms with van der Waals surface area (Å²) in [5.74, 6) is 0. The first-order chi connectivity index (χ1) is 16.0. The van der Waals surface area contributed by atoms with Crippen molar-refractivity contribution in [3.8, 4) is 22.3 Å². The molecule has 7 rings (SSSR count). The summed E-state index contributed by atoms with van der Waals surface area (Å²) in [4.78, 5) is 0. The smallest absolute Gasteiger partial charge is 0.113 e. The second-order valence-electron chi connectivity index (χ2n) is 9.90. The molecule has 5 aromatic carbocycles. The topological polar surface area (TPSA) is 4.93 Å². The van der Waals surface area contributed by atoms with Crippen molar-refractivity contribution in [1.29, 1.82) is 0 Å². The fourth-order valence-corrected chi connectivity index (χ4v) is 9.14. The molecule has 0 saturated carbocycles. The van der Waals surface area contributed by atoms with Gasteiger partial charge in [-0.3, -0.25) is 0 Å². The van der Waals surface area contributed by atoms with E-state index in [0.717, 1.165) is 0 Å². The fraction of sp³-hybridized carbons (Fsp3) is 0.0968. The summed E-state index contributed by atoms with van der Waals surface area (Å²) in [6, 6.07) is 36.4. The average molecular weight is 440 g/mol. The van der Waals surface area contributed by atoms with Crippen LogP contribution in [0, 0.1) is 0 Å². The minimum absolute atomic E-state index is 1.29. The van der Waals surface area contributed by atoms with Gasteiger partial charge in [-0.1, -0.05) is 98.0 Å². The monoisotopic (exact) mass is 439 g/mol. The molecule has 0 unspecified atom stereocenters. The Bertz CT molecular complexity index is 1750. The zero-order valence-corrected chi connectivity index (χ0v) is 20.2. The zero-order valence-electron chi connectivity index (χ0n) is 19.2. The largest absolute Gasteiger partial charge is 0.344 e. The first kappa shape index (κ1) is 18.9. The van der Waals surface area contributed by atoms with Gasteiger partial charge in [0.15, 0.2) is 0 Å². The predicted molar refractivity (Wildman–Crippen MR) is 146 cm³/mol. The summed E-state index contributed by atoms with van der Waals surface area (Å²) in [5, 5.41) is 8.44. The Morgan fingerprint density at radius 3 is 2.21 bits per heavy atom. The molecule has 158 valence electrons. The van der Waals surface area contributed by atoms with Gasteiger partial charge >= 0.3 is 0 Å². The molecule has 1 nitrogen and oxygen atoms in total. The molecule has 0 spiro atoms. The van der Waals surface area contributed by atoms with Crippen molar-refractivity contribution in [3.05, 3.63) is 97.1 Å². The minimum Gasteiger partial charge on any atom is -0.344 e. The third-order valence-electron chi connectivity index (χ3n) is 7.81. The maximum Gasteiger partial charge on any atom is 0.113 e. The Morgan fingerprint density at radius 2 is 1.30 bits per heavy atom. The molecule has 0 aliphatic carbocycles. The quantitative estimate of drug-likeness (QED) is 0.244. The van der Waals surface area contributed by atoms with Crippen LogP contribution >= 0.6 is 0 Å². The lowest BCUT2D eigenvalue weighted by molar-refractivity contribution is 1.01. The molecule has 0 saturated heterocycles. The van der Waals surface area contributed by atoms with Crippen LogP contribution in [-0.2, 0) is 7.05 Å². The van der Waals surface area contributed by atoms with Crippen molar-refractivity contribution in [1.82, 2.24) is 4.57 Å². The fourth-order valence-electron chi connectivity index (χ4n) is 6.04. The summed E-state index contributed by atoms with van der Waals surface area (Å²) in [6.07, 6.45) is 0. The van der Waals surface area contributed by atoms with Crippen LogP contribution in [0.5, 0.6) is 0 Å². The second kappa shape index (κ2) is 6.46. The highest BCUT2D eigenvalue weighted by molar-refractivity contribution is 7.03. The van der Waals surface area contributed by atoms with Crippen molar-refractivity contribution >= 4 is 51.0 Å². The molecule has 0 fully saturated rings. The first-order valence-electron chi connectivity index (χ1n) is 11.7. The van der Waals surface area contributed by atoms with Crippen LogP contribution in [0.3, 0.4) is 0 Å². The third-order valence-corrected chi connectivity index (χ3v) is 11.4. The lowest BCUT2D eigenvalue weighted by Gasteiger charge is -2.19. The Morgan fingerprint density at radius 1 is 0.576 bits per heavy atom. The molecule has 0 amide bonds. The highest BCUT2D eigenvalue weighted by atomic mass is 28.3. The van der Waals surface area contributed by atoms with Gasteiger partial charge in [-0.05, 0) is 55.5 Å². The number of nitrogens with zero attached hydrogens (tertiary/aromatic N) is 1.